The van der Waals surface area contributed by atoms with Crippen LogP contribution in [0, 0.1) is 0 Å². The van der Waals surface area contributed by atoms with Crippen molar-refractivity contribution in [1.29, 1.82) is 0 Å². The van der Waals surface area contributed by atoms with E-state index < -0.39 is 0 Å². The lowest BCUT2D eigenvalue weighted by Gasteiger charge is -2.26. The molecule has 174 valence electrons. The second-order valence-corrected chi connectivity index (χ2v) is 8.61. The molecular weight excluding hydrogens is 414 g/mol. The molecule has 1 aliphatic heterocycles. The van der Waals surface area contributed by atoms with Crippen molar-refractivity contribution in [2.24, 2.45) is 0 Å². The van der Waals surface area contributed by atoms with E-state index in [4.69, 9.17) is 4.74 Å². The van der Waals surface area contributed by atoms with Gasteiger partial charge in [-0.1, -0.05) is 63.8 Å². The average molecular weight is 448 g/mol. The Labute approximate surface area is 195 Å². The summed E-state index contributed by atoms with van der Waals surface area (Å²) >= 11 is 0. The van der Waals surface area contributed by atoms with Crippen LogP contribution in [0.5, 0.6) is 11.5 Å². The number of aromatic amines is 1. The Kier molecular flexibility index (Phi) is 7.33. The zero-order valence-electron chi connectivity index (χ0n) is 19.5. The van der Waals surface area contributed by atoms with E-state index in [0.29, 0.717) is 30.1 Å². The molecule has 33 heavy (non-hydrogen) atoms. The van der Waals surface area contributed by atoms with Gasteiger partial charge in [0.15, 0.2) is 0 Å². The van der Waals surface area contributed by atoms with E-state index in [2.05, 4.69) is 24.0 Å². The number of aromatic hydroxyl groups is 1. The van der Waals surface area contributed by atoms with E-state index >= 15 is 0 Å². The number of rotatable bonds is 11. The van der Waals surface area contributed by atoms with E-state index in [1.807, 2.05) is 41.3 Å². The molecule has 1 unspecified atom stereocenters. The second-order valence-electron chi connectivity index (χ2n) is 8.61. The molecule has 2 heterocycles. The zero-order chi connectivity index (χ0) is 23.2. The number of nitrogens with zero attached hydrogens (tertiary/aromatic N) is 2. The van der Waals surface area contributed by atoms with Gasteiger partial charge in [-0.15, -0.1) is 0 Å². The first kappa shape index (κ1) is 22.9. The van der Waals surface area contributed by atoms with Crippen LogP contribution in [-0.2, 0) is 0 Å². The maximum absolute atomic E-state index is 13.3. The molecule has 0 spiro atoms. The van der Waals surface area contributed by atoms with E-state index in [-0.39, 0.29) is 17.7 Å². The number of aromatic nitrogens is 2. The molecule has 0 fully saturated rings. The number of carbonyl (C=O) groups excluding carboxylic acids is 1. The van der Waals surface area contributed by atoms with Gasteiger partial charge in [0, 0.05) is 17.7 Å². The van der Waals surface area contributed by atoms with Gasteiger partial charge in [-0.25, -0.2) is 0 Å². The highest BCUT2D eigenvalue weighted by Gasteiger charge is 2.42. The Morgan fingerprint density at radius 1 is 1.00 bits per heavy atom. The standard InChI is InChI=1S/C27H33N3O3/c1-3-5-9-17-30-26(19-13-15-20(16-14-19)33-18-10-6-4-2)23-24(28-29-25(23)27(30)32)21-11-7-8-12-22(21)31/h7-8,11-16,26,31H,3-6,9-10,17-18H2,1-2H3,(H,28,29). The number of amides is 1. The number of H-pyrrole nitrogens is 1. The van der Waals surface area contributed by atoms with Crippen LogP contribution in [0.4, 0.5) is 0 Å². The molecule has 6 heteroatoms. The maximum atomic E-state index is 13.3. The largest absolute Gasteiger partial charge is 0.507 e. The van der Waals surface area contributed by atoms with Crippen molar-refractivity contribution in [3.63, 3.8) is 0 Å². The highest BCUT2D eigenvalue weighted by molar-refractivity contribution is 6.00. The Bertz CT molecular complexity index is 1070. The molecule has 1 amide bonds. The van der Waals surface area contributed by atoms with Gasteiger partial charge in [-0.3, -0.25) is 9.89 Å². The number of hydrogen-bond donors (Lipinski definition) is 2. The van der Waals surface area contributed by atoms with Gasteiger partial charge in [-0.05, 0) is 42.7 Å². The van der Waals surface area contributed by atoms with Crippen molar-refractivity contribution in [3.8, 4) is 22.8 Å². The SMILES string of the molecule is CCCCCOc1ccc(C2c3c(-c4ccccc4O)n[nH]c3C(=O)N2CCCCC)cc1. The van der Waals surface area contributed by atoms with Gasteiger partial charge < -0.3 is 14.7 Å². The zero-order valence-corrected chi connectivity index (χ0v) is 19.5. The third-order valence-electron chi connectivity index (χ3n) is 6.24. The van der Waals surface area contributed by atoms with Crippen LogP contribution in [-0.4, -0.2) is 39.3 Å². The summed E-state index contributed by atoms with van der Waals surface area (Å²) in [4.78, 5) is 15.3. The predicted molar refractivity (Wildman–Crippen MR) is 130 cm³/mol. The van der Waals surface area contributed by atoms with Crippen molar-refractivity contribution in [2.75, 3.05) is 13.2 Å². The van der Waals surface area contributed by atoms with Crippen LogP contribution >= 0.6 is 0 Å². The summed E-state index contributed by atoms with van der Waals surface area (Å²) in [6, 6.07) is 14.9. The van der Waals surface area contributed by atoms with Crippen molar-refractivity contribution in [1.82, 2.24) is 15.1 Å². The van der Waals surface area contributed by atoms with Gasteiger partial charge in [0.05, 0.1) is 12.6 Å². The number of fused-ring (bicyclic) bond motifs is 1. The fraction of sp³-hybridized carbons (Fsp3) is 0.407. The smallest absolute Gasteiger partial charge is 0.273 e. The minimum Gasteiger partial charge on any atom is -0.507 e. The van der Waals surface area contributed by atoms with Crippen LogP contribution in [0.2, 0.25) is 0 Å². The number of carbonyl (C=O) groups is 1. The van der Waals surface area contributed by atoms with Crippen LogP contribution < -0.4 is 4.74 Å². The Morgan fingerprint density at radius 3 is 2.45 bits per heavy atom. The normalized spacial score (nSPS) is 15.2. The molecule has 2 aromatic carbocycles. The summed E-state index contributed by atoms with van der Waals surface area (Å²) in [6.45, 7) is 5.72. The second kappa shape index (κ2) is 10.6. The number of nitrogens with one attached hydrogen (secondary N) is 1. The Morgan fingerprint density at radius 2 is 1.73 bits per heavy atom. The summed E-state index contributed by atoms with van der Waals surface area (Å²) in [7, 11) is 0. The monoisotopic (exact) mass is 447 g/mol. The molecule has 0 radical (unpaired) electrons. The molecule has 6 nitrogen and oxygen atoms in total. The topological polar surface area (TPSA) is 78.5 Å². The minimum atomic E-state index is -0.258. The lowest BCUT2D eigenvalue weighted by Crippen LogP contribution is -2.30. The van der Waals surface area contributed by atoms with Crippen LogP contribution in [0.25, 0.3) is 11.3 Å². The number of para-hydroxylation sites is 1. The van der Waals surface area contributed by atoms with E-state index in [9.17, 15) is 9.90 Å². The van der Waals surface area contributed by atoms with Gasteiger partial charge in [0.1, 0.15) is 22.9 Å². The van der Waals surface area contributed by atoms with E-state index in [1.165, 1.54) is 0 Å². The Balaban J connectivity index is 1.68. The molecule has 2 N–H and O–H groups in total. The summed E-state index contributed by atoms with van der Waals surface area (Å²) in [5.41, 5.74) is 3.60. The molecule has 3 aromatic rings. The van der Waals surface area contributed by atoms with Crippen molar-refractivity contribution >= 4 is 5.91 Å². The number of phenols is 1. The molecule has 1 aromatic heterocycles. The summed E-state index contributed by atoms with van der Waals surface area (Å²) in [5.74, 6) is 0.948. The van der Waals surface area contributed by atoms with Gasteiger partial charge >= 0.3 is 0 Å². The highest BCUT2D eigenvalue weighted by atomic mass is 16.5. The average Bonchev–Trinajstić information content (AvgIpc) is 3.37. The molecule has 4 rings (SSSR count). The summed E-state index contributed by atoms with van der Waals surface area (Å²) in [6.07, 6.45) is 6.47. The molecule has 0 saturated heterocycles. The number of unbranched alkanes of at least 4 members (excludes halogenated alkanes) is 4. The third kappa shape index (κ3) is 4.75. The van der Waals surface area contributed by atoms with Gasteiger partial charge in [0.2, 0.25) is 0 Å². The number of benzene rings is 2. The third-order valence-corrected chi connectivity index (χ3v) is 6.24. The molecule has 0 bridgehead atoms. The summed E-state index contributed by atoms with van der Waals surface area (Å²) in [5, 5.41) is 17.9. The fourth-order valence-electron chi connectivity index (χ4n) is 4.47. The van der Waals surface area contributed by atoms with Gasteiger partial charge in [-0.2, -0.15) is 5.10 Å². The lowest BCUT2D eigenvalue weighted by molar-refractivity contribution is 0.0740. The first-order valence-corrected chi connectivity index (χ1v) is 12.1. The molecule has 1 atom stereocenters. The van der Waals surface area contributed by atoms with Crippen LogP contribution in [0.1, 0.15) is 80.0 Å². The van der Waals surface area contributed by atoms with Crippen molar-refractivity contribution < 1.29 is 14.6 Å². The summed E-state index contributed by atoms with van der Waals surface area (Å²) < 4.78 is 5.88. The number of ether oxygens (including phenoxy) is 1. The molecule has 0 aliphatic carbocycles. The van der Waals surface area contributed by atoms with Crippen molar-refractivity contribution in [3.05, 3.63) is 65.4 Å². The Hall–Kier alpha value is -3.28. The van der Waals surface area contributed by atoms with Crippen molar-refractivity contribution in [2.45, 2.75) is 58.4 Å². The minimum absolute atomic E-state index is 0.0415. The molecular formula is C27H33N3O3. The predicted octanol–water partition coefficient (Wildman–Crippen LogP) is 6.09. The quantitative estimate of drug-likeness (QED) is 0.349. The number of hydrogen-bond acceptors (Lipinski definition) is 4. The van der Waals surface area contributed by atoms with Gasteiger partial charge in [0.25, 0.3) is 5.91 Å². The van der Waals surface area contributed by atoms with E-state index in [1.54, 1.807) is 12.1 Å². The maximum Gasteiger partial charge on any atom is 0.273 e. The van der Waals surface area contributed by atoms with E-state index in [0.717, 1.165) is 55.4 Å². The highest BCUT2D eigenvalue weighted by Crippen LogP contribution is 2.44. The van der Waals surface area contributed by atoms with Crippen LogP contribution in [0.3, 0.4) is 0 Å². The number of phenolic OH excluding ortho intramolecular Hbond substituents is 1. The first-order valence-electron chi connectivity index (χ1n) is 12.1. The lowest BCUT2D eigenvalue weighted by atomic mass is 9.95. The first-order chi connectivity index (χ1) is 16.2. The molecule has 1 aliphatic rings. The molecule has 0 saturated carbocycles. The fourth-order valence-corrected chi connectivity index (χ4v) is 4.47. The van der Waals surface area contributed by atoms with Crippen LogP contribution in [0.15, 0.2) is 48.5 Å².